The highest BCUT2D eigenvalue weighted by Gasteiger charge is 2.22. The van der Waals surface area contributed by atoms with Gasteiger partial charge in [0.05, 0.1) is 0 Å². The third-order valence-electron chi connectivity index (χ3n) is 1.73. The van der Waals surface area contributed by atoms with E-state index in [1.165, 1.54) is 0 Å². The van der Waals surface area contributed by atoms with Crippen LogP contribution in [0.5, 0.6) is 0 Å². The van der Waals surface area contributed by atoms with E-state index >= 15 is 0 Å². The largest absolute Gasteiger partial charge is 0.520 e. The van der Waals surface area contributed by atoms with Gasteiger partial charge in [0, 0.05) is 12.5 Å². The molecule has 0 aliphatic rings. The number of carbonyl (C=O) groups excluding carboxylic acids is 1. The number of rotatable bonds is 6. The fourth-order valence-corrected chi connectivity index (χ4v) is 3.49. The minimum Gasteiger partial charge on any atom is -0.520 e. The molecule has 1 atom stereocenters. The van der Waals surface area contributed by atoms with Crippen LogP contribution >= 0.6 is 0 Å². The van der Waals surface area contributed by atoms with Gasteiger partial charge in [0.1, 0.15) is 0 Å². The molecule has 0 bridgehead atoms. The molecule has 0 spiro atoms. The molecule has 0 aromatic carbocycles. The summed E-state index contributed by atoms with van der Waals surface area (Å²) in [6, 6.07) is 0. The van der Waals surface area contributed by atoms with Gasteiger partial charge in [-0.1, -0.05) is 0 Å². The Labute approximate surface area is 102 Å². The second kappa shape index (κ2) is 5.98. The monoisotopic (exact) mass is 262 g/mol. The van der Waals surface area contributed by atoms with Crippen LogP contribution in [0.4, 0.5) is 0 Å². The molecule has 0 N–H and O–H groups in total. The molecule has 1 unspecified atom stereocenters. The summed E-state index contributed by atoms with van der Waals surface area (Å²) in [5.41, 5.74) is 0. The first-order valence-corrected chi connectivity index (χ1v) is 12.7. The van der Waals surface area contributed by atoms with Crippen molar-refractivity contribution in [3.8, 4) is 0 Å². The van der Waals surface area contributed by atoms with Gasteiger partial charge in [0.25, 0.3) is 5.97 Å². The second-order valence-electron chi connectivity index (χ2n) is 6.17. The highest BCUT2D eigenvalue weighted by molar-refractivity contribution is 6.71. The molecule has 96 valence electrons. The van der Waals surface area contributed by atoms with Crippen LogP contribution in [0.2, 0.25) is 39.3 Å². The average molecular weight is 262 g/mol. The smallest absolute Gasteiger partial charge is 0.292 e. The lowest BCUT2D eigenvalue weighted by atomic mass is 10.2. The van der Waals surface area contributed by atoms with Gasteiger partial charge in [-0.25, -0.2) is 0 Å². The highest BCUT2D eigenvalue weighted by Crippen LogP contribution is 2.12. The number of hydrogen-bond donors (Lipinski definition) is 0. The zero-order valence-electron chi connectivity index (χ0n) is 11.7. The minimum absolute atomic E-state index is 0.0785. The summed E-state index contributed by atoms with van der Waals surface area (Å²) in [6.45, 7) is 14.6. The molecule has 0 saturated heterocycles. The maximum Gasteiger partial charge on any atom is 0.292 e. The Kier molecular flexibility index (Phi) is 5.93. The molecule has 0 aromatic rings. The van der Waals surface area contributed by atoms with Crippen molar-refractivity contribution in [3.63, 3.8) is 0 Å². The normalized spacial score (nSPS) is 14.7. The van der Waals surface area contributed by atoms with E-state index in [2.05, 4.69) is 19.6 Å². The fraction of sp³-hybridized carbons (Fsp3) is 0.909. The Morgan fingerprint density at radius 3 is 1.94 bits per heavy atom. The highest BCUT2D eigenvalue weighted by atomic mass is 28.4. The van der Waals surface area contributed by atoms with Crippen molar-refractivity contribution in [2.45, 2.75) is 65.2 Å². The van der Waals surface area contributed by atoms with Gasteiger partial charge < -0.3 is 8.85 Å². The SMILES string of the molecule is CC(CCC(=O)O[Si](C)(C)C)O[Si](C)(C)C. The van der Waals surface area contributed by atoms with Gasteiger partial charge in [0.15, 0.2) is 8.32 Å². The molecule has 0 rings (SSSR count). The lowest BCUT2D eigenvalue weighted by Gasteiger charge is -2.24. The Morgan fingerprint density at radius 2 is 1.56 bits per heavy atom. The maximum atomic E-state index is 11.5. The van der Waals surface area contributed by atoms with Crippen LogP contribution in [0.15, 0.2) is 0 Å². The molecule has 0 heterocycles. The summed E-state index contributed by atoms with van der Waals surface area (Å²) in [5, 5.41) is 0. The quantitative estimate of drug-likeness (QED) is 0.688. The number of hydrogen-bond acceptors (Lipinski definition) is 3. The van der Waals surface area contributed by atoms with Crippen LogP contribution in [-0.2, 0) is 13.6 Å². The molecule has 0 radical (unpaired) electrons. The van der Waals surface area contributed by atoms with E-state index in [1.807, 2.05) is 26.6 Å². The standard InChI is InChI=1S/C11H26O3Si2/c1-10(13-15(2,3)4)8-9-11(12)14-16(5,6)7/h10H,8-9H2,1-7H3. The van der Waals surface area contributed by atoms with Crippen LogP contribution in [0.1, 0.15) is 19.8 Å². The van der Waals surface area contributed by atoms with Crippen molar-refractivity contribution >= 4 is 22.6 Å². The van der Waals surface area contributed by atoms with E-state index in [1.54, 1.807) is 0 Å². The molecular formula is C11H26O3Si2. The average Bonchev–Trinajstić information content (AvgIpc) is 1.94. The first-order chi connectivity index (χ1) is 6.99. The Morgan fingerprint density at radius 1 is 1.06 bits per heavy atom. The Balaban J connectivity index is 3.85. The van der Waals surface area contributed by atoms with Crippen molar-refractivity contribution in [3.05, 3.63) is 0 Å². The van der Waals surface area contributed by atoms with Gasteiger partial charge in [-0.15, -0.1) is 0 Å². The summed E-state index contributed by atoms with van der Waals surface area (Å²) in [6.07, 6.45) is 1.38. The van der Waals surface area contributed by atoms with E-state index in [0.29, 0.717) is 6.42 Å². The van der Waals surface area contributed by atoms with Gasteiger partial charge in [-0.05, 0) is 52.6 Å². The predicted molar refractivity (Wildman–Crippen MR) is 72.6 cm³/mol. The molecule has 3 nitrogen and oxygen atoms in total. The van der Waals surface area contributed by atoms with Crippen LogP contribution in [0.25, 0.3) is 0 Å². The van der Waals surface area contributed by atoms with E-state index in [9.17, 15) is 4.79 Å². The van der Waals surface area contributed by atoms with Crippen LogP contribution < -0.4 is 0 Å². The molecule has 0 aliphatic heterocycles. The predicted octanol–water partition coefficient (Wildman–Crippen LogP) is 3.38. The van der Waals surface area contributed by atoms with Crippen LogP contribution in [-0.4, -0.2) is 28.7 Å². The summed E-state index contributed by atoms with van der Waals surface area (Å²) < 4.78 is 11.2. The molecular weight excluding hydrogens is 236 g/mol. The van der Waals surface area contributed by atoms with Crippen molar-refractivity contribution < 1.29 is 13.6 Å². The summed E-state index contributed by atoms with van der Waals surface area (Å²) in [4.78, 5) is 11.5. The topological polar surface area (TPSA) is 35.5 Å². The van der Waals surface area contributed by atoms with E-state index in [-0.39, 0.29) is 12.1 Å². The van der Waals surface area contributed by atoms with Gasteiger partial charge in [-0.2, -0.15) is 0 Å². The molecule has 0 saturated carbocycles. The minimum atomic E-state index is -1.72. The van der Waals surface area contributed by atoms with Crippen molar-refractivity contribution in [2.24, 2.45) is 0 Å². The first-order valence-electron chi connectivity index (χ1n) is 5.89. The Bertz CT molecular complexity index is 228. The van der Waals surface area contributed by atoms with E-state index in [0.717, 1.165) is 6.42 Å². The third kappa shape index (κ3) is 10.4. The Hall–Kier alpha value is -0.136. The molecule has 0 aliphatic carbocycles. The number of carbonyl (C=O) groups is 1. The zero-order valence-corrected chi connectivity index (χ0v) is 13.7. The van der Waals surface area contributed by atoms with Crippen LogP contribution in [0.3, 0.4) is 0 Å². The fourth-order valence-electron chi connectivity index (χ4n) is 1.38. The van der Waals surface area contributed by atoms with Crippen LogP contribution in [0, 0.1) is 0 Å². The zero-order chi connectivity index (χ0) is 13.0. The molecule has 16 heavy (non-hydrogen) atoms. The second-order valence-corrected chi connectivity index (χ2v) is 15.1. The van der Waals surface area contributed by atoms with Crippen molar-refractivity contribution in [2.75, 3.05) is 0 Å². The van der Waals surface area contributed by atoms with E-state index < -0.39 is 16.6 Å². The van der Waals surface area contributed by atoms with Gasteiger partial charge >= 0.3 is 0 Å². The van der Waals surface area contributed by atoms with Crippen molar-refractivity contribution in [1.82, 2.24) is 0 Å². The van der Waals surface area contributed by atoms with Gasteiger partial charge in [0.2, 0.25) is 8.32 Å². The lowest BCUT2D eigenvalue weighted by molar-refractivity contribution is -0.135. The van der Waals surface area contributed by atoms with E-state index in [4.69, 9.17) is 8.85 Å². The lowest BCUT2D eigenvalue weighted by Crippen LogP contribution is -2.32. The maximum absolute atomic E-state index is 11.5. The third-order valence-corrected chi connectivity index (χ3v) is 3.68. The molecule has 0 fully saturated rings. The summed E-state index contributed by atoms with van der Waals surface area (Å²) in [7, 11) is -3.20. The first kappa shape index (κ1) is 15.9. The summed E-state index contributed by atoms with van der Waals surface area (Å²) >= 11 is 0. The molecule has 5 heteroatoms. The summed E-state index contributed by atoms with van der Waals surface area (Å²) in [5.74, 6) is -0.0785. The van der Waals surface area contributed by atoms with Crippen molar-refractivity contribution in [1.29, 1.82) is 0 Å². The van der Waals surface area contributed by atoms with Gasteiger partial charge in [-0.3, -0.25) is 4.79 Å². The molecule has 0 aromatic heterocycles. The molecule has 0 amide bonds.